The van der Waals surface area contributed by atoms with E-state index in [9.17, 15) is 16.8 Å². The third kappa shape index (κ3) is 18.9. The summed E-state index contributed by atoms with van der Waals surface area (Å²) in [5, 5.41) is 0. The van der Waals surface area contributed by atoms with E-state index in [-0.39, 0.29) is 0 Å². The second-order valence-electron chi connectivity index (χ2n) is 13.9. The van der Waals surface area contributed by atoms with Crippen LogP contribution in [0.3, 0.4) is 0 Å². The zero-order valence-corrected chi connectivity index (χ0v) is 34.6. The fourth-order valence-electron chi connectivity index (χ4n) is 6.87. The van der Waals surface area contributed by atoms with Crippen LogP contribution in [0, 0.1) is 0 Å². The van der Waals surface area contributed by atoms with E-state index < -0.39 is 33.9 Å². The van der Waals surface area contributed by atoms with E-state index >= 15 is 0 Å². The van der Waals surface area contributed by atoms with E-state index in [0.29, 0.717) is 0 Å². The molecule has 0 unspecified atom stereocenters. The number of hydrogen-bond donors (Lipinski definition) is 0. The Kier molecular flexibility index (Phi) is 24.6. The molecule has 272 valence electrons. The minimum atomic E-state index is -3.40. The Morgan fingerprint density at radius 3 is 0.568 bits per heavy atom. The Hall–Kier alpha value is 0.680. The number of unbranched alkanes of at least 4 members (excludes halogenated alkanes) is 8. The van der Waals surface area contributed by atoms with E-state index in [1.807, 2.05) is 0 Å². The standard InChI is InChI=1S/2C17H39O3PS/c2*1-6-10-14-21(15-11-7-2,16-12-8-3,17-13-9-4)20-22(5,18)19/h2*6-17H2,1-5H3. The van der Waals surface area contributed by atoms with E-state index in [0.717, 1.165) is 152 Å². The molecule has 0 rings (SSSR count). The topological polar surface area (TPSA) is 86.7 Å². The van der Waals surface area contributed by atoms with E-state index in [1.165, 1.54) is 12.5 Å². The molecule has 0 radical (unpaired) electrons. The molecule has 0 aliphatic rings. The first-order valence-corrected chi connectivity index (χ1v) is 27.8. The molecule has 0 aromatic heterocycles. The molecule has 0 atom stereocenters. The van der Waals surface area contributed by atoms with Crippen molar-refractivity contribution in [1.82, 2.24) is 0 Å². The van der Waals surface area contributed by atoms with Crippen molar-refractivity contribution in [2.24, 2.45) is 0 Å². The molecular weight excluding hydrogens is 630 g/mol. The Balaban J connectivity index is 0. The van der Waals surface area contributed by atoms with Crippen LogP contribution in [0.25, 0.3) is 0 Å². The van der Waals surface area contributed by atoms with Gasteiger partial charge in [0.25, 0.3) is 0 Å². The average molecular weight is 709 g/mol. The van der Waals surface area contributed by atoms with E-state index in [4.69, 9.17) is 7.94 Å². The van der Waals surface area contributed by atoms with Crippen molar-refractivity contribution in [3.8, 4) is 0 Å². The van der Waals surface area contributed by atoms with Crippen LogP contribution in [0.4, 0.5) is 0 Å². The second kappa shape index (κ2) is 23.1. The average Bonchev–Trinajstić information content (AvgIpc) is 2.96. The van der Waals surface area contributed by atoms with Crippen LogP contribution in [0.2, 0.25) is 0 Å². The van der Waals surface area contributed by atoms with Gasteiger partial charge in [-0.15, -0.1) is 0 Å². The molecule has 0 aliphatic heterocycles. The first-order valence-electron chi connectivity index (χ1n) is 18.4. The molecule has 44 heavy (non-hydrogen) atoms. The van der Waals surface area contributed by atoms with Gasteiger partial charge in [0.05, 0.1) is 0 Å². The Morgan fingerprint density at radius 1 is 0.341 bits per heavy atom. The van der Waals surface area contributed by atoms with Gasteiger partial charge in [-0.3, -0.25) is 0 Å². The minimum absolute atomic E-state index is 0.995. The molecule has 0 saturated carbocycles. The summed E-state index contributed by atoms with van der Waals surface area (Å²) in [6.45, 7) is 12.2. The summed E-state index contributed by atoms with van der Waals surface area (Å²) in [7, 11) is -6.81. The van der Waals surface area contributed by atoms with E-state index in [2.05, 4.69) is 55.4 Å². The predicted octanol–water partition coefficient (Wildman–Crippen LogP) is 11.3. The van der Waals surface area contributed by atoms with Gasteiger partial charge < -0.3 is 0 Å². The molecule has 0 aromatic carbocycles. The maximum atomic E-state index is 12.1. The van der Waals surface area contributed by atoms with Gasteiger partial charge in [0.2, 0.25) is 0 Å². The second-order valence-corrected chi connectivity index (χ2v) is 28.9. The fourth-order valence-corrected chi connectivity index (χ4v) is 27.0. The van der Waals surface area contributed by atoms with Crippen LogP contribution in [-0.2, 0) is 28.2 Å². The summed E-state index contributed by atoms with van der Waals surface area (Å²) in [6, 6.07) is 0. The molecule has 10 heteroatoms. The SMILES string of the molecule is CCCCP(CCCC)(CCCC)(CCCC)OS(C)(=O)=O.CCCCP(CCCC)(CCCC)(CCCC)OS(C)(=O)=O. The van der Waals surface area contributed by atoms with Crippen LogP contribution >= 0.6 is 13.7 Å². The van der Waals surface area contributed by atoms with Gasteiger partial charge >= 0.3 is 279 Å². The summed E-state index contributed by atoms with van der Waals surface area (Å²) >= 11 is 0. The van der Waals surface area contributed by atoms with Crippen molar-refractivity contribution < 1.29 is 24.8 Å². The van der Waals surface area contributed by atoms with Gasteiger partial charge in [-0.25, -0.2) is 0 Å². The van der Waals surface area contributed by atoms with Gasteiger partial charge in [-0.05, 0) is 0 Å². The van der Waals surface area contributed by atoms with E-state index in [1.54, 1.807) is 0 Å². The molecule has 0 fully saturated rings. The first kappa shape index (κ1) is 46.8. The predicted molar refractivity (Wildman–Crippen MR) is 204 cm³/mol. The summed E-state index contributed by atoms with van der Waals surface area (Å²) in [5.74, 6) is 0. The molecule has 0 heterocycles. The Bertz CT molecular complexity index is 774. The van der Waals surface area contributed by atoms with Crippen LogP contribution in [0.5, 0.6) is 0 Å². The third-order valence-electron chi connectivity index (χ3n) is 9.31. The van der Waals surface area contributed by atoms with Crippen LogP contribution < -0.4 is 0 Å². The van der Waals surface area contributed by atoms with Gasteiger partial charge in [-0.2, -0.15) is 0 Å². The summed E-state index contributed by atoms with van der Waals surface area (Å²) < 4.78 is 60.7. The van der Waals surface area contributed by atoms with Crippen LogP contribution in [0.15, 0.2) is 0 Å². The van der Waals surface area contributed by atoms with Crippen molar-refractivity contribution in [3.63, 3.8) is 0 Å². The zero-order chi connectivity index (χ0) is 34.3. The van der Waals surface area contributed by atoms with Crippen molar-refractivity contribution in [2.75, 3.05) is 61.8 Å². The van der Waals surface area contributed by atoms with Crippen molar-refractivity contribution in [2.45, 2.75) is 158 Å². The molecule has 6 nitrogen and oxygen atoms in total. The molecule has 0 aliphatic carbocycles. The molecule has 0 spiro atoms. The van der Waals surface area contributed by atoms with Gasteiger partial charge in [-0.1, -0.05) is 0 Å². The van der Waals surface area contributed by atoms with Crippen molar-refractivity contribution in [1.29, 1.82) is 0 Å². The first-order chi connectivity index (χ1) is 20.5. The molecular formula is C34H78O6P2S2. The molecule has 0 bridgehead atoms. The number of rotatable bonds is 28. The maximum absolute atomic E-state index is 12.1. The van der Waals surface area contributed by atoms with Crippen LogP contribution in [0.1, 0.15) is 158 Å². The normalized spacial score (nSPS) is 14.7. The molecule has 0 N–H and O–H groups in total. The molecule has 0 saturated heterocycles. The Labute approximate surface area is 277 Å². The zero-order valence-electron chi connectivity index (χ0n) is 31.1. The summed E-state index contributed by atoms with van der Waals surface area (Å²) in [6.07, 6.45) is 28.0. The van der Waals surface area contributed by atoms with Gasteiger partial charge in [0, 0.05) is 0 Å². The van der Waals surface area contributed by atoms with Crippen LogP contribution in [-0.4, -0.2) is 78.6 Å². The monoisotopic (exact) mass is 708 g/mol. The fraction of sp³-hybridized carbons (Fsp3) is 1.00. The Morgan fingerprint density at radius 2 is 0.477 bits per heavy atom. The molecule has 0 aromatic rings. The molecule has 0 amide bonds. The van der Waals surface area contributed by atoms with Gasteiger partial charge in [0.15, 0.2) is 0 Å². The third-order valence-corrected chi connectivity index (χ3v) is 26.4. The van der Waals surface area contributed by atoms with Crippen molar-refractivity contribution >= 4 is 33.9 Å². The summed E-state index contributed by atoms with van der Waals surface area (Å²) in [5.41, 5.74) is 0. The van der Waals surface area contributed by atoms with Gasteiger partial charge in [0.1, 0.15) is 0 Å². The summed E-state index contributed by atoms with van der Waals surface area (Å²) in [4.78, 5) is 0. The number of hydrogen-bond acceptors (Lipinski definition) is 6. The quantitative estimate of drug-likeness (QED) is 0.0752. The van der Waals surface area contributed by atoms with Crippen molar-refractivity contribution in [3.05, 3.63) is 0 Å².